The van der Waals surface area contributed by atoms with Gasteiger partial charge in [-0.2, -0.15) is 0 Å². The van der Waals surface area contributed by atoms with Crippen LogP contribution in [-0.2, 0) is 0 Å². The van der Waals surface area contributed by atoms with Gasteiger partial charge in [0.1, 0.15) is 5.75 Å². The topological polar surface area (TPSA) is 75.8 Å². The summed E-state index contributed by atoms with van der Waals surface area (Å²) in [4.78, 5) is 13.7. The Hall–Kier alpha value is -1.75. The number of likely N-dealkylation sites (tertiary alicyclic amines) is 1. The molecule has 0 unspecified atom stereocenters. The van der Waals surface area contributed by atoms with Gasteiger partial charge in [0.15, 0.2) is 0 Å². The highest BCUT2D eigenvalue weighted by molar-refractivity contribution is 5.99. The molecule has 3 N–H and O–H groups in total. The zero-order valence-electron chi connectivity index (χ0n) is 9.72. The third-order valence-electron chi connectivity index (χ3n) is 2.94. The molecule has 0 aliphatic carbocycles. The number of nitrogen functional groups attached to an aromatic ring is 1. The summed E-state index contributed by atoms with van der Waals surface area (Å²) in [5, 5.41) is 9.40. The minimum absolute atomic E-state index is 0.137. The molecule has 1 amide bonds. The second-order valence-electron chi connectivity index (χ2n) is 4.15. The molecule has 1 aromatic rings. The molecule has 1 saturated heterocycles. The molecule has 5 nitrogen and oxygen atoms in total. The molecule has 1 aliphatic heterocycles. The number of nitrogens with two attached hydrogens (primary N) is 1. The second-order valence-corrected chi connectivity index (χ2v) is 4.15. The van der Waals surface area contributed by atoms with Crippen LogP contribution in [0.15, 0.2) is 18.2 Å². The molecular formula is C12H16N2O3. The molecular weight excluding hydrogens is 220 g/mol. The van der Waals surface area contributed by atoms with Crippen molar-refractivity contribution in [2.45, 2.75) is 12.5 Å². The maximum absolute atomic E-state index is 12.1. The standard InChI is InChI=1S/C12H16N2O3/c1-17-9-2-3-10(11(13)6-9)12(16)14-5-4-8(15)7-14/h2-3,6,8,15H,4-5,7,13H2,1H3/t8-/m1/s1. The second kappa shape index (κ2) is 4.63. The zero-order valence-corrected chi connectivity index (χ0v) is 9.72. The Kier molecular flexibility index (Phi) is 3.19. The van der Waals surface area contributed by atoms with E-state index in [1.54, 1.807) is 30.2 Å². The summed E-state index contributed by atoms with van der Waals surface area (Å²) in [6, 6.07) is 4.98. The third-order valence-corrected chi connectivity index (χ3v) is 2.94. The van der Waals surface area contributed by atoms with E-state index in [1.165, 1.54) is 0 Å². The number of methoxy groups -OCH3 is 1. The van der Waals surface area contributed by atoms with Crippen molar-refractivity contribution in [3.63, 3.8) is 0 Å². The third kappa shape index (κ3) is 2.34. The highest BCUT2D eigenvalue weighted by Gasteiger charge is 2.26. The molecule has 0 saturated carbocycles. The van der Waals surface area contributed by atoms with Crippen molar-refractivity contribution in [1.82, 2.24) is 4.90 Å². The molecule has 0 spiro atoms. The maximum Gasteiger partial charge on any atom is 0.256 e. The van der Waals surface area contributed by atoms with Gasteiger partial charge >= 0.3 is 0 Å². The summed E-state index contributed by atoms with van der Waals surface area (Å²) >= 11 is 0. The highest BCUT2D eigenvalue weighted by Crippen LogP contribution is 2.22. The maximum atomic E-state index is 12.1. The van der Waals surface area contributed by atoms with Crippen LogP contribution in [0, 0.1) is 0 Å². The summed E-state index contributed by atoms with van der Waals surface area (Å²) in [7, 11) is 1.55. The monoisotopic (exact) mass is 236 g/mol. The number of β-amino-alcohol motifs (C(OH)–C–C–N with tert-alkyl or cyclic N) is 1. The van der Waals surface area contributed by atoms with Crippen molar-refractivity contribution < 1.29 is 14.6 Å². The number of rotatable bonds is 2. The lowest BCUT2D eigenvalue weighted by molar-refractivity contribution is 0.0766. The van der Waals surface area contributed by atoms with Crippen LogP contribution >= 0.6 is 0 Å². The first-order valence-corrected chi connectivity index (χ1v) is 5.52. The van der Waals surface area contributed by atoms with E-state index in [9.17, 15) is 9.90 Å². The van der Waals surface area contributed by atoms with Crippen LogP contribution < -0.4 is 10.5 Å². The number of hydrogen-bond acceptors (Lipinski definition) is 4. The summed E-state index contributed by atoms with van der Waals surface area (Å²) in [6.07, 6.45) is 0.209. The van der Waals surface area contributed by atoms with Gasteiger partial charge in [-0.15, -0.1) is 0 Å². The summed E-state index contributed by atoms with van der Waals surface area (Å²) in [5.74, 6) is 0.488. The first-order chi connectivity index (χ1) is 8.11. The van der Waals surface area contributed by atoms with Crippen LogP contribution in [0.1, 0.15) is 16.8 Å². The van der Waals surface area contributed by atoms with Crippen LogP contribution in [0.2, 0.25) is 0 Å². The largest absolute Gasteiger partial charge is 0.497 e. The SMILES string of the molecule is COc1ccc(C(=O)N2CC[C@@H](O)C2)c(N)c1. The Bertz CT molecular complexity index is 434. The van der Waals surface area contributed by atoms with Crippen molar-refractivity contribution in [2.75, 3.05) is 25.9 Å². The lowest BCUT2D eigenvalue weighted by Crippen LogP contribution is -2.30. The van der Waals surface area contributed by atoms with Crippen molar-refractivity contribution in [2.24, 2.45) is 0 Å². The van der Waals surface area contributed by atoms with Crippen molar-refractivity contribution in [3.8, 4) is 5.75 Å². The van der Waals surface area contributed by atoms with E-state index in [-0.39, 0.29) is 5.91 Å². The number of ether oxygens (including phenoxy) is 1. The van der Waals surface area contributed by atoms with Gasteiger partial charge in [-0.25, -0.2) is 0 Å². The molecule has 0 radical (unpaired) electrons. The highest BCUT2D eigenvalue weighted by atomic mass is 16.5. The Labute approximate surface area is 99.8 Å². The molecule has 5 heteroatoms. The molecule has 1 atom stereocenters. The van der Waals surface area contributed by atoms with Crippen LogP contribution in [0.25, 0.3) is 0 Å². The van der Waals surface area contributed by atoms with Gasteiger partial charge in [0.2, 0.25) is 0 Å². The van der Waals surface area contributed by atoms with E-state index in [2.05, 4.69) is 0 Å². The first-order valence-electron chi connectivity index (χ1n) is 5.52. The predicted octanol–water partition coefficient (Wildman–Crippen LogP) is 0.484. The minimum atomic E-state index is -0.418. The van der Waals surface area contributed by atoms with Gasteiger partial charge < -0.3 is 20.5 Å². The lowest BCUT2D eigenvalue weighted by atomic mass is 10.1. The number of hydrogen-bond donors (Lipinski definition) is 2. The molecule has 1 heterocycles. The number of benzene rings is 1. The molecule has 0 aromatic heterocycles. The van der Waals surface area contributed by atoms with E-state index < -0.39 is 6.10 Å². The molecule has 1 fully saturated rings. The Morgan fingerprint density at radius 3 is 2.88 bits per heavy atom. The number of anilines is 1. The molecule has 92 valence electrons. The molecule has 0 bridgehead atoms. The fraction of sp³-hybridized carbons (Fsp3) is 0.417. The smallest absolute Gasteiger partial charge is 0.256 e. The van der Waals surface area contributed by atoms with E-state index in [0.29, 0.717) is 36.5 Å². The van der Waals surface area contributed by atoms with Crippen LogP contribution in [0.3, 0.4) is 0 Å². The number of carbonyl (C=O) groups excluding carboxylic acids is 1. The Morgan fingerprint density at radius 2 is 2.35 bits per heavy atom. The molecule has 17 heavy (non-hydrogen) atoms. The molecule has 1 aromatic carbocycles. The van der Waals surface area contributed by atoms with E-state index >= 15 is 0 Å². The Balaban J connectivity index is 2.19. The number of carbonyl (C=O) groups is 1. The van der Waals surface area contributed by atoms with Crippen molar-refractivity contribution >= 4 is 11.6 Å². The van der Waals surface area contributed by atoms with Crippen molar-refractivity contribution in [1.29, 1.82) is 0 Å². The lowest BCUT2D eigenvalue weighted by Gasteiger charge is -2.17. The van der Waals surface area contributed by atoms with Gasteiger partial charge in [-0.05, 0) is 18.6 Å². The first kappa shape index (κ1) is 11.7. The number of aliphatic hydroxyl groups excluding tert-OH is 1. The average molecular weight is 236 g/mol. The molecule has 2 rings (SSSR count). The average Bonchev–Trinajstić information content (AvgIpc) is 2.75. The quantitative estimate of drug-likeness (QED) is 0.732. The number of nitrogens with zero attached hydrogens (tertiary/aromatic N) is 1. The summed E-state index contributed by atoms with van der Waals surface area (Å²) in [6.45, 7) is 0.954. The van der Waals surface area contributed by atoms with Crippen LogP contribution in [-0.4, -0.2) is 42.2 Å². The fourth-order valence-corrected chi connectivity index (χ4v) is 1.96. The van der Waals surface area contributed by atoms with Crippen LogP contribution in [0.5, 0.6) is 5.75 Å². The van der Waals surface area contributed by atoms with E-state index in [1.807, 2.05) is 0 Å². The summed E-state index contributed by atoms with van der Waals surface area (Å²) < 4.78 is 5.03. The van der Waals surface area contributed by atoms with Gasteiger partial charge in [0.05, 0.1) is 18.8 Å². The zero-order chi connectivity index (χ0) is 12.4. The predicted molar refractivity (Wildman–Crippen MR) is 63.9 cm³/mol. The normalized spacial score (nSPS) is 19.4. The van der Waals surface area contributed by atoms with Gasteiger partial charge in [0.25, 0.3) is 5.91 Å². The van der Waals surface area contributed by atoms with Gasteiger partial charge in [0, 0.05) is 24.8 Å². The van der Waals surface area contributed by atoms with Gasteiger partial charge in [-0.3, -0.25) is 4.79 Å². The Morgan fingerprint density at radius 1 is 1.59 bits per heavy atom. The van der Waals surface area contributed by atoms with Crippen molar-refractivity contribution in [3.05, 3.63) is 23.8 Å². The van der Waals surface area contributed by atoms with E-state index in [4.69, 9.17) is 10.5 Å². The van der Waals surface area contributed by atoms with Gasteiger partial charge in [-0.1, -0.05) is 0 Å². The minimum Gasteiger partial charge on any atom is -0.497 e. The molecule has 1 aliphatic rings. The van der Waals surface area contributed by atoms with Crippen LogP contribution in [0.4, 0.5) is 5.69 Å². The number of aliphatic hydroxyl groups is 1. The van der Waals surface area contributed by atoms with E-state index in [0.717, 1.165) is 0 Å². The fourth-order valence-electron chi connectivity index (χ4n) is 1.96. The number of amides is 1. The summed E-state index contributed by atoms with van der Waals surface area (Å²) in [5.41, 5.74) is 6.67.